The molecule has 200 valence electrons. The monoisotopic (exact) mass is 589 g/mol. The van der Waals surface area contributed by atoms with Gasteiger partial charge in [-0.1, -0.05) is 89.7 Å². The fourth-order valence-corrected chi connectivity index (χ4v) is 8.23. The lowest BCUT2D eigenvalue weighted by Crippen LogP contribution is -2.38. The fraction of sp³-hybridized carbons (Fsp3) is 0.118. The van der Waals surface area contributed by atoms with E-state index >= 15 is 0 Å². The van der Waals surface area contributed by atoms with Gasteiger partial charge in [0.05, 0.1) is 16.3 Å². The molecule has 1 aliphatic carbocycles. The number of benzene rings is 3. The first-order chi connectivity index (χ1) is 20.2. The molecular weight excluding hydrogens is 566 g/mol. The largest absolute Gasteiger partial charge is 0.342 e. The predicted molar refractivity (Wildman–Crippen MR) is 170 cm³/mol. The molecule has 0 radical (unpaired) electrons. The predicted octanol–water partition coefficient (Wildman–Crippen LogP) is 7.04. The first kappa shape index (κ1) is 24.8. The number of halogens is 1. The van der Waals surface area contributed by atoms with Gasteiger partial charge in [-0.3, -0.25) is 9.36 Å². The van der Waals surface area contributed by atoms with Crippen molar-refractivity contribution in [1.29, 1.82) is 0 Å². The second-order valence-electron chi connectivity index (χ2n) is 10.5. The van der Waals surface area contributed by atoms with Crippen LogP contribution in [-0.2, 0) is 13.0 Å². The molecule has 8 rings (SSSR count). The zero-order valence-electron chi connectivity index (χ0n) is 22.0. The Bertz CT molecular complexity index is 2180. The molecule has 0 bridgehead atoms. The number of allylic oxidation sites excluding steroid dienone is 1. The lowest BCUT2D eigenvalue weighted by Gasteiger charge is -2.30. The summed E-state index contributed by atoms with van der Waals surface area (Å²) in [6, 6.07) is 28.9. The number of thiophene rings is 1. The van der Waals surface area contributed by atoms with Gasteiger partial charge in [0.2, 0.25) is 0 Å². The van der Waals surface area contributed by atoms with E-state index in [4.69, 9.17) is 16.6 Å². The van der Waals surface area contributed by atoms with E-state index in [1.165, 1.54) is 32.9 Å². The minimum absolute atomic E-state index is 0.0143. The van der Waals surface area contributed by atoms with Gasteiger partial charge in [-0.2, -0.15) is 0 Å². The van der Waals surface area contributed by atoms with E-state index in [1.54, 1.807) is 11.3 Å². The van der Waals surface area contributed by atoms with Crippen molar-refractivity contribution >= 4 is 57.0 Å². The Labute approximate surface area is 249 Å². The van der Waals surface area contributed by atoms with E-state index < -0.39 is 0 Å². The van der Waals surface area contributed by atoms with Crippen LogP contribution in [0.2, 0.25) is 5.02 Å². The minimum atomic E-state index is -0.127. The molecule has 0 saturated carbocycles. The van der Waals surface area contributed by atoms with E-state index in [0.717, 1.165) is 50.4 Å². The Hall–Kier alpha value is -3.97. The Kier molecular flexibility index (Phi) is 5.95. The molecule has 0 amide bonds. The zero-order valence-corrected chi connectivity index (χ0v) is 24.3. The van der Waals surface area contributed by atoms with Crippen molar-refractivity contribution in [3.63, 3.8) is 0 Å². The van der Waals surface area contributed by atoms with Crippen LogP contribution in [0.25, 0.3) is 22.7 Å². The number of aryl methyl sites for hydroxylation is 1. The summed E-state index contributed by atoms with van der Waals surface area (Å²) in [7, 11) is 0. The molecule has 1 aliphatic heterocycles. The fourth-order valence-electron chi connectivity index (χ4n) is 6.19. The maximum atomic E-state index is 14.2. The molecule has 41 heavy (non-hydrogen) atoms. The van der Waals surface area contributed by atoms with Gasteiger partial charge in [0.15, 0.2) is 4.80 Å². The minimum Gasteiger partial charge on any atom is -0.342 e. The van der Waals surface area contributed by atoms with Crippen LogP contribution in [0.1, 0.15) is 39.6 Å². The Morgan fingerprint density at radius 3 is 2.66 bits per heavy atom. The first-order valence-corrected chi connectivity index (χ1v) is 15.7. The summed E-state index contributed by atoms with van der Waals surface area (Å²) in [5, 5.41) is 3.95. The summed E-state index contributed by atoms with van der Waals surface area (Å²) in [5.74, 6) is 0. The molecule has 3 aromatic carbocycles. The third kappa shape index (κ3) is 4.09. The highest BCUT2D eigenvalue weighted by Gasteiger charge is 2.33. The van der Waals surface area contributed by atoms with Gasteiger partial charge >= 0.3 is 0 Å². The smallest absolute Gasteiger partial charge is 0.271 e. The van der Waals surface area contributed by atoms with Crippen molar-refractivity contribution in [1.82, 2.24) is 9.13 Å². The van der Waals surface area contributed by atoms with Crippen molar-refractivity contribution < 1.29 is 0 Å². The summed E-state index contributed by atoms with van der Waals surface area (Å²) < 4.78 is 4.83. The van der Waals surface area contributed by atoms with Crippen LogP contribution in [-0.4, -0.2) is 9.13 Å². The van der Waals surface area contributed by atoms with Gasteiger partial charge in [-0.15, -0.1) is 11.3 Å². The molecule has 0 spiro atoms. The van der Waals surface area contributed by atoms with Crippen LogP contribution in [0.4, 0.5) is 0 Å². The first-order valence-electron chi connectivity index (χ1n) is 13.6. The molecule has 1 unspecified atom stereocenters. The molecule has 3 aromatic heterocycles. The van der Waals surface area contributed by atoms with E-state index in [2.05, 4.69) is 70.7 Å². The lowest BCUT2D eigenvalue weighted by molar-refractivity contribution is 0.593. The topological polar surface area (TPSA) is 39.3 Å². The molecule has 0 saturated heterocycles. The summed E-state index contributed by atoms with van der Waals surface area (Å²) in [6.45, 7) is 0.653. The number of aromatic nitrogens is 2. The highest BCUT2D eigenvalue weighted by Crippen LogP contribution is 2.42. The number of thiazole rings is 1. The van der Waals surface area contributed by atoms with E-state index in [9.17, 15) is 4.79 Å². The average molecular weight is 590 g/mol. The summed E-state index contributed by atoms with van der Waals surface area (Å²) in [6.07, 6.45) is 6.03. The quantitative estimate of drug-likeness (QED) is 0.217. The number of rotatable bonds is 4. The number of fused-ring (bicyclic) bond motifs is 4. The van der Waals surface area contributed by atoms with Crippen LogP contribution < -0.4 is 14.9 Å². The van der Waals surface area contributed by atoms with Crippen LogP contribution in [0.5, 0.6) is 0 Å². The third-order valence-electron chi connectivity index (χ3n) is 8.09. The molecule has 7 heteroatoms. The molecule has 0 N–H and O–H groups in total. The second-order valence-corrected chi connectivity index (χ2v) is 12.8. The summed E-state index contributed by atoms with van der Waals surface area (Å²) in [4.78, 5) is 21.2. The summed E-state index contributed by atoms with van der Waals surface area (Å²) >= 11 is 9.69. The van der Waals surface area contributed by atoms with Crippen molar-refractivity contribution in [3.05, 3.63) is 154 Å². The highest BCUT2D eigenvalue weighted by atomic mass is 35.5. The van der Waals surface area contributed by atoms with Gasteiger partial charge in [0.1, 0.15) is 0 Å². The standard InChI is InChI=1S/C34H24ClN3OS2/c35-27-12-5-2-9-22(27)19-37-20-23(24-10-4-6-13-28(24)37)18-30-33(39)38-32(29-14-7-17-40-29)26-16-15-21-8-1-3-11-25(21)31(26)36-34(38)41-30/h1-14,17-18,20,32H,15-16,19H2. The Balaban J connectivity index is 1.32. The van der Waals surface area contributed by atoms with Gasteiger partial charge < -0.3 is 4.57 Å². The zero-order chi connectivity index (χ0) is 27.5. The van der Waals surface area contributed by atoms with Crippen LogP contribution in [0, 0.1) is 0 Å². The molecule has 6 aromatic rings. The van der Waals surface area contributed by atoms with Crippen LogP contribution in [0.3, 0.4) is 0 Å². The third-order valence-corrected chi connectivity index (χ3v) is 10.4. The van der Waals surface area contributed by atoms with Gasteiger partial charge in [-0.05, 0) is 59.2 Å². The molecule has 0 fully saturated rings. The summed E-state index contributed by atoms with van der Waals surface area (Å²) in [5.41, 5.74) is 7.98. The highest BCUT2D eigenvalue weighted by molar-refractivity contribution is 7.10. The molecular formula is C34H24ClN3OS2. The lowest BCUT2D eigenvalue weighted by atomic mass is 9.85. The molecule has 4 nitrogen and oxygen atoms in total. The van der Waals surface area contributed by atoms with Gasteiger partial charge in [0.25, 0.3) is 5.56 Å². The number of para-hydroxylation sites is 1. The molecule has 4 heterocycles. The van der Waals surface area contributed by atoms with E-state index in [-0.39, 0.29) is 11.6 Å². The molecule has 2 aliphatic rings. The van der Waals surface area contributed by atoms with E-state index in [0.29, 0.717) is 11.1 Å². The maximum Gasteiger partial charge on any atom is 0.271 e. The van der Waals surface area contributed by atoms with Crippen molar-refractivity contribution in [2.45, 2.75) is 25.4 Å². The Morgan fingerprint density at radius 1 is 0.951 bits per heavy atom. The average Bonchev–Trinajstić information content (AvgIpc) is 3.73. The number of hydrogen-bond acceptors (Lipinski definition) is 4. The Morgan fingerprint density at radius 2 is 1.78 bits per heavy atom. The number of hydrogen-bond donors (Lipinski definition) is 0. The van der Waals surface area contributed by atoms with Crippen LogP contribution in [0.15, 0.2) is 112 Å². The van der Waals surface area contributed by atoms with Gasteiger partial charge in [-0.25, -0.2) is 4.99 Å². The van der Waals surface area contributed by atoms with Crippen LogP contribution >= 0.6 is 34.3 Å². The van der Waals surface area contributed by atoms with Crippen molar-refractivity contribution in [2.24, 2.45) is 4.99 Å². The normalized spacial score (nSPS) is 16.4. The van der Waals surface area contributed by atoms with Crippen molar-refractivity contribution in [3.8, 4) is 0 Å². The molecule has 1 atom stereocenters. The maximum absolute atomic E-state index is 14.2. The second kappa shape index (κ2) is 9.84. The van der Waals surface area contributed by atoms with E-state index in [1.807, 2.05) is 41.0 Å². The van der Waals surface area contributed by atoms with Crippen molar-refractivity contribution in [2.75, 3.05) is 0 Å². The SMILES string of the molecule is O=c1c(=Cc2cn(Cc3ccccc3Cl)c3ccccc23)sc2n1C(c1cccs1)C1=C(N=2)c2ccccc2CC1. The number of nitrogens with zero attached hydrogens (tertiary/aromatic N) is 3. The van der Waals surface area contributed by atoms with Gasteiger partial charge in [0, 0.05) is 44.7 Å².